The van der Waals surface area contributed by atoms with E-state index in [0.717, 1.165) is 36.2 Å². The number of para-hydroxylation sites is 1. The minimum absolute atomic E-state index is 0.528. The zero-order chi connectivity index (χ0) is 18.6. The van der Waals surface area contributed by atoms with Gasteiger partial charge in [-0.15, -0.1) is 0 Å². The lowest BCUT2D eigenvalue weighted by Crippen LogP contribution is -2.40. The molecule has 0 bridgehead atoms. The molecule has 0 radical (unpaired) electrons. The number of nitrogens with one attached hydrogen (secondary N) is 2. The molecule has 6 heteroatoms. The minimum Gasteiger partial charge on any atom is -0.497 e. The number of aliphatic imine (C=N–C) groups is 1. The molecule has 2 aromatic rings. The first-order chi connectivity index (χ1) is 12.8. The third-order valence-corrected chi connectivity index (χ3v) is 3.81. The van der Waals surface area contributed by atoms with E-state index in [-0.39, 0.29) is 0 Å². The predicted molar refractivity (Wildman–Crippen MR) is 105 cm³/mol. The topological polar surface area (TPSA) is 64.1 Å². The zero-order valence-electron chi connectivity index (χ0n) is 15.6. The van der Waals surface area contributed by atoms with Crippen LogP contribution in [0.3, 0.4) is 0 Å². The second-order valence-electron chi connectivity index (χ2n) is 5.52. The Morgan fingerprint density at radius 2 is 1.69 bits per heavy atom. The van der Waals surface area contributed by atoms with Gasteiger partial charge >= 0.3 is 0 Å². The molecular formula is C20H27N3O3. The summed E-state index contributed by atoms with van der Waals surface area (Å²) >= 11 is 0. The lowest BCUT2D eigenvalue weighted by atomic mass is 10.1. The Labute approximate surface area is 155 Å². The highest BCUT2D eigenvalue weighted by Crippen LogP contribution is 2.18. The van der Waals surface area contributed by atoms with Crippen molar-refractivity contribution in [3.8, 4) is 17.2 Å². The van der Waals surface area contributed by atoms with Gasteiger partial charge in [0.05, 0.1) is 20.8 Å². The van der Waals surface area contributed by atoms with Crippen molar-refractivity contribution in [2.45, 2.75) is 6.42 Å². The molecule has 0 aliphatic rings. The van der Waals surface area contributed by atoms with Crippen LogP contribution in [0.5, 0.6) is 17.2 Å². The summed E-state index contributed by atoms with van der Waals surface area (Å²) in [5.41, 5.74) is 1.17. The fourth-order valence-corrected chi connectivity index (χ4v) is 2.47. The average Bonchev–Trinajstić information content (AvgIpc) is 2.70. The van der Waals surface area contributed by atoms with Gasteiger partial charge in [0.2, 0.25) is 0 Å². The average molecular weight is 357 g/mol. The summed E-state index contributed by atoms with van der Waals surface area (Å²) in [6, 6.07) is 15.6. The quantitative estimate of drug-likeness (QED) is 0.410. The molecule has 0 fully saturated rings. The third-order valence-electron chi connectivity index (χ3n) is 3.81. The lowest BCUT2D eigenvalue weighted by molar-refractivity contribution is 0.319. The van der Waals surface area contributed by atoms with E-state index >= 15 is 0 Å². The minimum atomic E-state index is 0.528. The molecule has 0 aliphatic carbocycles. The van der Waals surface area contributed by atoms with E-state index in [1.54, 1.807) is 21.3 Å². The lowest BCUT2D eigenvalue weighted by Gasteiger charge is -2.13. The first kappa shape index (κ1) is 19.4. The maximum absolute atomic E-state index is 5.71. The summed E-state index contributed by atoms with van der Waals surface area (Å²) < 4.78 is 16.3. The molecule has 2 rings (SSSR count). The number of ether oxygens (including phenoxy) is 3. The van der Waals surface area contributed by atoms with Crippen LogP contribution < -0.4 is 24.8 Å². The fraction of sp³-hybridized carbons (Fsp3) is 0.350. The van der Waals surface area contributed by atoms with Crippen LogP contribution in [0.15, 0.2) is 53.5 Å². The maximum atomic E-state index is 5.71. The van der Waals surface area contributed by atoms with Crippen LogP contribution in [0.25, 0.3) is 0 Å². The highest BCUT2D eigenvalue weighted by molar-refractivity contribution is 5.79. The molecule has 0 spiro atoms. The van der Waals surface area contributed by atoms with Gasteiger partial charge < -0.3 is 24.8 Å². The smallest absolute Gasteiger partial charge is 0.191 e. The molecule has 0 unspecified atom stereocenters. The van der Waals surface area contributed by atoms with Crippen molar-refractivity contribution in [1.29, 1.82) is 0 Å². The standard InChI is InChI=1S/C20H27N3O3/c1-21-20(22-12-11-16-7-4-5-10-19(16)25-3)23-13-14-26-18-9-6-8-17(15-18)24-2/h4-10,15H,11-14H2,1-3H3,(H2,21,22,23). The molecule has 0 amide bonds. The highest BCUT2D eigenvalue weighted by Gasteiger charge is 2.03. The van der Waals surface area contributed by atoms with E-state index in [0.29, 0.717) is 13.2 Å². The molecule has 0 heterocycles. The van der Waals surface area contributed by atoms with Crippen LogP contribution in [-0.4, -0.2) is 46.9 Å². The molecule has 0 aliphatic heterocycles. The number of nitrogens with zero attached hydrogens (tertiary/aromatic N) is 1. The van der Waals surface area contributed by atoms with Crippen molar-refractivity contribution < 1.29 is 14.2 Å². The van der Waals surface area contributed by atoms with E-state index in [1.165, 1.54) is 5.56 Å². The molecule has 2 aromatic carbocycles. The normalized spacial score (nSPS) is 11.0. The summed E-state index contributed by atoms with van der Waals surface area (Å²) in [5.74, 6) is 3.22. The Morgan fingerprint density at radius 1 is 0.923 bits per heavy atom. The van der Waals surface area contributed by atoms with Crippen LogP contribution in [-0.2, 0) is 6.42 Å². The van der Waals surface area contributed by atoms with Gasteiger partial charge in [0.25, 0.3) is 0 Å². The molecule has 140 valence electrons. The number of methoxy groups -OCH3 is 2. The number of rotatable bonds is 9. The number of hydrogen-bond donors (Lipinski definition) is 2. The Bertz CT molecular complexity index is 704. The molecule has 0 aromatic heterocycles. The summed E-state index contributed by atoms with van der Waals surface area (Å²) in [6.07, 6.45) is 0.852. The zero-order valence-corrected chi connectivity index (χ0v) is 15.6. The maximum Gasteiger partial charge on any atom is 0.191 e. The molecule has 0 saturated heterocycles. The van der Waals surface area contributed by atoms with Gasteiger partial charge in [0, 0.05) is 19.7 Å². The Morgan fingerprint density at radius 3 is 2.46 bits per heavy atom. The summed E-state index contributed by atoms with van der Waals surface area (Å²) in [6.45, 7) is 1.93. The number of guanidine groups is 1. The van der Waals surface area contributed by atoms with E-state index < -0.39 is 0 Å². The molecule has 2 N–H and O–H groups in total. The first-order valence-corrected chi connectivity index (χ1v) is 8.60. The predicted octanol–water partition coefficient (Wildman–Crippen LogP) is 2.49. The van der Waals surface area contributed by atoms with Crippen LogP contribution in [0, 0.1) is 0 Å². The van der Waals surface area contributed by atoms with Gasteiger partial charge in [-0.3, -0.25) is 4.99 Å². The fourth-order valence-electron chi connectivity index (χ4n) is 2.47. The van der Waals surface area contributed by atoms with Gasteiger partial charge in [-0.05, 0) is 30.2 Å². The highest BCUT2D eigenvalue weighted by atomic mass is 16.5. The van der Waals surface area contributed by atoms with Crippen LogP contribution >= 0.6 is 0 Å². The van der Waals surface area contributed by atoms with Crippen LogP contribution in [0.1, 0.15) is 5.56 Å². The van der Waals surface area contributed by atoms with Gasteiger partial charge in [-0.25, -0.2) is 0 Å². The molecule has 26 heavy (non-hydrogen) atoms. The third kappa shape index (κ3) is 6.20. The molecule has 6 nitrogen and oxygen atoms in total. The number of hydrogen-bond acceptors (Lipinski definition) is 4. The van der Waals surface area contributed by atoms with Crippen LogP contribution in [0.4, 0.5) is 0 Å². The first-order valence-electron chi connectivity index (χ1n) is 8.60. The summed E-state index contributed by atoms with van der Waals surface area (Å²) in [4.78, 5) is 4.22. The van der Waals surface area contributed by atoms with Gasteiger partial charge in [-0.2, -0.15) is 0 Å². The van der Waals surface area contributed by atoms with Crippen molar-refractivity contribution in [2.75, 3.05) is 41.0 Å². The van der Waals surface area contributed by atoms with Crippen LogP contribution in [0.2, 0.25) is 0 Å². The Kier molecular flexibility index (Phi) is 8.12. The van der Waals surface area contributed by atoms with Crippen molar-refractivity contribution in [2.24, 2.45) is 4.99 Å². The monoisotopic (exact) mass is 357 g/mol. The second kappa shape index (κ2) is 10.9. The van der Waals surface area contributed by atoms with E-state index in [2.05, 4.69) is 21.7 Å². The molecular weight excluding hydrogens is 330 g/mol. The molecule has 0 saturated carbocycles. The summed E-state index contributed by atoms with van der Waals surface area (Å²) in [7, 11) is 5.08. The molecule has 0 atom stereocenters. The van der Waals surface area contributed by atoms with E-state index in [9.17, 15) is 0 Å². The van der Waals surface area contributed by atoms with Gasteiger partial charge in [0.1, 0.15) is 23.9 Å². The summed E-state index contributed by atoms with van der Waals surface area (Å²) in [5, 5.41) is 6.53. The van der Waals surface area contributed by atoms with Crippen molar-refractivity contribution in [3.05, 3.63) is 54.1 Å². The van der Waals surface area contributed by atoms with E-state index in [1.807, 2.05) is 42.5 Å². The Hall–Kier alpha value is -2.89. The van der Waals surface area contributed by atoms with Gasteiger partial charge in [-0.1, -0.05) is 24.3 Å². The van der Waals surface area contributed by atoms with Crippen molar-refractivity contribution in [3.63, 3.8) is 0 Å². The van der Waals surface area contributed by atoms with E-state index in [4.69, 9.17) is 14.2 Å². The van der Waals surface area contributed by atoms with Gasteiger partial charge in [0.15, 0.2) is 5.96 Å². The second-order valence-corrected chi connectivity index (χ2v) is 5.52. The number of benzene rings is 2. The Balaban J connectivity index is 1.69. The SMILES string of the molecule is CN=C(NCCOc1cccc(OC)c1)NCCc1ccccc1OC. The van der Waals surface area contributed by atoms with Crippen molar-refractivity contribution >= 4 is 5.96 Å². The van der Waals surface area contributed by atoms with Crippen molar-refractivity contribution in [1.82, 2.24) is 10.6 Å². The largest absolute Gasteiger partial charge is 0.497 e.